The van der Waals surface area contributed by atoms with Crippen LogP contribution in [0.15, 0.2) is 60.7 Å². The molecule has 3 rings (SSSR count). The maximum Gasteiger partial charge on any atom is 0.369 e. The monoisotopic (exact) mass is 388 g/mol. The first-order valence-electron chi connectivity index (χ1n) is 8.99. The summed E-state index contributed by atoms with van der Waals surface area (Å²) in [6.45, 7) is -0.130. The first-order chi connectivity index (χ1) is 13.6. The van der Waals surface area contributed by atoms with E-state index in [2.05, 4.69) is 0 Å². The Hall–Kier alpha value is -2.29. The SMILES string of the molecule is COC(=O)[C@]1(O)O[C@H](CO)[C@@H](OCc2ccccc2)[C@@H]1OCc1ccccc1. The van der Waals surface area contributed by atoms with Crippen LogP contribution in [0.5, 0.6) is 0 Å². The lowest BCUT2D eigenvalue weighted by Crippen LogP contribution is -2.52. The van der Waals surface area contributed by atoms with Crippen molar-refractivity contribution >= 4 is 5.97 Å². The third-order valence-corrected chi connectivity index (χ3v) is 4.60. The van der Waals surface area contributed by atoms with E-state index in [4.69, 9.17) is 18.9 Å². The highest BCUT2D eigenvalue weighted by molar-refractivity contribution is 5.79. The van der Waals surface area contributed by atoms with E-state index < -0.39 is 36.7 Å². The lowest BCUT2D eigenvalue weighted by Gasteiger charge is -2.28. The maximum atomic E-state index is 12.2. The van der Waals surface area contributed by atoms with E-state index >= 15 is 0 Å². The van der Waals surface area contributed by atoms with Gasteiger partial charge in [-0.1, -0.05) is 60.7 Å². The van der Waals surface area contributed by atoms with Gasteiger partial charge in [-0.2, -0.15) is 0 Å². The minimum atomic E-state index is -2.38. The molecular weight excluding hydrogens is 364 g/mol. The molecular formula is C21H24O7. The van der Waals surface area contributed by atoms with Crippen LogP contribution in [0, 0.1) is 0 Å². The van der Waals surface area contributed by atoms with Crippen LogP contribution in [0.25, 0.3) is 0 Å². The van der Waals surface area contributed by atoms with Crippen molar-refractivity contribution in [2.24, 2.45) is 0 Å². The van der Waals surface area contributed by atoms with Crippen molar-refractivity contribution in [3.8, 4) is 0 Å². The van der Waals surface area contributed by atoms with Gasteiger partial charge in [-0.3, -0.25) is 0 Å². The third kappa shape index (κ3) is 4.40. The molecule has 2 aromatic carbocycles. The normalized spacial score (nSPS) is 26.9. The molecule has 0 saturated carbocycles. The van der Waals surface area contributed by atoms with E-state index in [1.165, 1.54) is 0 Å². The number of hydrogen-bond acceptors (Lipinski definition) is 7. The first kappa shape index (κ1) is 20.4. The molecule has 7 heteroatoms. The van der Waals surface area contributed by atoms with Crippen molar-refractivity contribution in [3.63, 3.8) is 0 Å². The summed E-state index contributed by atoms with van der Waals surface area (Å²) in [5, 5.41) is 20.6. The Morgan fingerprint density at radius 2 is 1.54 bits per heavy atom. The van der Waals surface area contributed by atoms with Gasteiger partial charge in [-0.05, 0) is 11.1 Å². The predicted octanol–water partition coefficient (Wildman–Crippen LogP) is 1.41. The second-order valence-electron chi connectivity index (χ2n) is 6.51. The molecule has 2 N–H and O–H groups in total. The Balaban J connectivity index is 1.80. The second kappa shape index (κ2) is 9.27. The van der Waals surface area contributed by atoms with Gasteiger partial charge in [0.2, 0.25) is 0 Å². The minimum absolute atomic E-state index is 0.123. The summed E-state index contributed by atoms with van der Waals surface area (Å²) in [5.41, 5.74) is 1.75. The number of hydrogen-bond donors (Lipinski definition) is 2. The molecule has 7 nitrogen and oxygen atoms in total. The van der Waals surface area contributed by atoms with Crippen molar-refractivity contribution in [1.29, 1.82) is 0 Å². The lowest BCUT2D eigenvalue weighted by molar-refractivity contribution is -0.250. The van der Waals surface area contributed by atoms with E-state index in [1.54, 1.807) is 0 Å². The van der Waals surface area contributed by atoms with E-state index in [0.29, 0.717) is 0 Å². The molecule has 0 aromatic heterocycles. The van der Waals surface area contributed by atoms with Crippen molar-refractivity contribution in [1.82, 2.24) is 0 Å². The third-order valence-electron chi connectivity index (χ3n) is 4.60. The zero-order chi connectivity index (χ0) is 20.0. The molecule has 0 spiro atoms. The zero-order valence-corrected chi connectivity index (χ0v) is 15.6. The van der Waals surface area contributed by atoms with Gasteiger partial charge in [0.05, 0.1) is 26.9 Å². The first-order valence-corrected chi connectivity index (χ1v) is 8.99. The van der Waals surface area contributed by atoms with Crippen molar-refractivity contribution in [3.05, 3.63) is 71.8 Å². The van der Waals surface area contributed by atoms with Crippen LogP contribution in [0.1, 0.15) is 11.1 Å². The highest BCUT2D eigenvalue weighted by Crippen LogP contribution is 2.35. The summed E-state index contributed by atoms with van der Waals surface area (Å²) in [7, 11) is 1.14. The number of aliphatic hydroxyl groups is 2. The molecule has 150 valence electrons. The molecule has 1 fully saturated rings. The maximum absolute atomic E-state index is 12.2. The molecule has 0 unspecified atom stereocenters. The molecule has 1 aliphatic heterocycles. The van der Waals surface area contributed by atoms with Gasteiger partial charge in [-0.15, -0.1) is 0 Å². The van der Waals surface area contributed by atoms with Crippen molar-refractivity contribution in [2.45, 2.75) is 37.3 Å². The fourth-order valence-electron chi connectivity index (χ4n) is 3.16. The van der Waals surface area contributed by atoms with Crippen LogP contribution in [0.2, 0.25) is 0 Å². The molecule has 4 atom stereocenters. The van der Waals surface area contributed by atoms with Gasteiger partial charge < -0.3 is 29.2 Å². The van der Waals surface area contributed by atoms with E-state index in [9.17, 15) is 15.0 Å². The summed E-state index contributed by atoms with van der Waals surface area (Å²) in [4.78, 5) is 12.2. The molecule has 28 heavy (non-hydrogen) atoms. The standard InChI is InChI=1S/C21H24O7/c1-25-20(23)21(24)19(27-14-16-10-6-3-7-11-16)18(17(12-22)28-21)26-13-15-8-4-2-5-9-15/h2-11,17-19,22,24H,12-14H2,1H3/t17-,18-,19+,21-/m1/s1. The summed E-state index contributed by atoms with van der Waals surface area (Å²) in [5.74, 6) is -3.38. The van der Waals surface area contributed by atoms with E-state index in [1.807, 2.05) is 60.7 Å². The van der Waals surface area contributed by atoms with Crippen molar-refractivity contribution in [2.75, 3.05) is 13.7 Å². The quantitative estimate of drug-likeness (QED) is 0.660. The molecule has 0 bridgehead atoms. The van der Waals surface area contributed by atoms with Crippen LogP contribution in [0.3, 0.4) is 0 Å². The number of rotatable bonds is 8. The Morgan fingerprint density at radius 1 is 1.00 bits per heavy atom. The van der Waals surface area contributed by atoms with Crippen LogP contribution >= 0.6 is 0 Å². The summed E-state index contributed by atoms with van der Waals surface area (Å²) in [6, 6.07) is 18.7. The fourth-order valence-corrected chi connectivity index (χ4v) is 3.16. The summed E-state index contributed by atoms with van der Waals surface area (Å²) in [6.07, 6.45) is -3.01. The second-order valence-corrected chi connectivity index (χ2v) is 6.51. The number of carbonyl (C=O) groups is 1. The van der Waals surface area contributed by atoms with Crippen LogP contribution in [0.4, 0.5) is 0 Å². The number of esters is 1. The topological polar surface area (TPSA) is 94.5 Å². The number of ether oxygens (including phenoxy) is 4. The van der Waals surface area contributed by atoms with Gasteiger partial charge in [0.25, 0.3) is 5.79 Å². The van der Waals surface area contributed by atoms with Crippen LogP contribution in [-0.4, -0.2) is 54.0 Å². The van der Waals surface area contributed by atoms with Gasteiger partial charge >= 0.3 is 5.97 Å². The molecule has 0 amide bonds. The Kier molecular flexibility index (Phi) is 6.77. The van der Waals surface area contributed by atoms with Gasteiger partial charge in [0.15, 0.2) is 6.10 Å². The van der Waals surface area contributed by atoms with E-state index in [0.717, 1.165) is 18.2 Å². The summed E-state index contributed by atoms with van der Waals surface area (Å²) >= 11 is 0. The van der Waals surface area contributed by atoms with Gasteiger partial charge in [0, 0.05) is 0 Å². The molecule has 2 aromatic rings. The molecule has 0 radical (unpaired) electrons. The van der Waals surface area contributed by atoms with Gasteiger partial charge in [-0.25, -0.2) is 4.79 Å². The molecule has 1 aliphatic rings. The van der Waals surface area contributed by atoms with Crippen LogP contribution < -0.4 is 0 Å². The Morgan fingerprint density at radius 3 is 2.04 bits per heavy atom. The summed E-state index contributed by atoms with van der Waals surface area (Å²) < 4.78 is 21.9. The Bertz CT molecular complexity index is 752. The van der Waals surface area contributed by atoms with Crippen molar-refractivity contribution < 1.29 is 34.0 Å². The minimum Gasteiger partial charge on any atom is -0.465 e. The highest BCUT2D eigenvalue weighted by Gasteiger charge is 2.61. The average Bonchev–Trinajstić information content (AvgIpc) is 3.03. The van der Waals surface area contributed by atoms with Crippen LogP contribution in [-0.2, 0) is 37.0 Å². The number of methoxy groups -OCH3 is 1. The fraction of sp³-hybridized carbons (Fsp3) is 0.381. The predicted molar refractivity (Wildman–Crippen MR) is 99.0 cm³/mol. The molecule has 0 aliphatic carbocycles. The molecule has 1 saturated heterocycles. The lowest BCUT2D eigenvalue weighted by atomic mass is 10.0. The zero-order valence-electron chi connectivity index (χ0n) is 15.6. The number of aliphatic hydroxyl groups excluding tert-OH is 1. The molecule has 1 heterocycles. The van der Waals surface area contributed by atoms with E-state index in [-0.39, 0.29) is 13.2 Å². The number of benzene rings is 2. The Labute approximate surface area is 163 Å². The highest BCUT2D eigenvalue weighted by atomic mass is 16.7. The smallest absolute Gasteiger partial charge is 0.369 e. The van der Waals surface area contributed by atoms with Gasteiger partial charge in [0.1, 0.15) is 12.2 Å². The average molecular weight is 388 g/mol. The largest absolute Gasteiger partial charge is 0.465 e. The number of carbonyl (C=O) groups excluding carboxylic acids is 1.